The van der Waals surface area contributed by atoms with Crippen LogP contribution in [0.4, 0.5) is 0 Å². The molecule has 0 unspecified atom stereocenters. The Morgan fingerprint density at radius 2 is 1.18 bits per heavy atom. The summed E-state index contributed by atoms with van der Waals surface area (Å²) < 4.78 is 0. The molecule has 0 amide bonds. The van der Waals surface area contributed by atoms with Gasteiger partial charge in [0, 0.05) is 23.2 Å². The molecular weight excluding hydrogens is 359 g/mol. The summed E-state index contributed by atoms with van der Waals surface area (Å²) in [7, 11) is -1.84. The Morgan fingerprint density at radius 3 is 1.82 bits per heavy atom. The first-order valence-electron chi connectivity index (χ1n) is 9.39. The molecule has 0 aliphatic heterocycles. The molecule has 5 aromatic rings. The number of hydrogen-bond donors (Lipinski definition) is 0. The van der Waals surface area contributed by atoms with Crippen molar-refractivity contribution in [3.05, 3.63) is 103 Å². The van der Waals surface area contributed by atoms with Crippen molar-refractivity contribution in [1.29, 1.82) is 0 Å². The summed E-state index contributed by atoms with van der Waals surface area (Å²) in [5.41, 5.74) is 1.95. The van der Waals surface area contributed by atoms with Crippen LogP contribution in [0.3, 0.4) is 0 Å². The van der Waals surface area contributed by atoms with E-state index in [-0.39, 0.29) is 0 Å². The summed E-state index contributed by atoms with van der Waals surface area (Å²) >= 11 is 0. The standard InChI is InChI=1S/C25H20N2P/c1-28(20-11-4-2-5-12-20,21-13-6-3-7-14-21)23-18-19-10-8-16-26-24(19)25-22(23)15-9-17-27-25/h2-18H,1H3/q+1. The van der Waals surface area contributed by atoms with E-state index in [2.05, 4.69) is 90.5 Å². The van der Waals surface area contributed by atoms with Gasteiger partial charge in [0.25, 0.3) is 0 Å². The molecule has 2 heterocycles. The van der Waals surface area contributed by atoms with E-state index in [1.54, 1.807) is 0 Å². The molecule has 0 aliphatic rings. The number of aromatic nitrogens is 2. The summed E-state index contributed by atoms with van der Waals surface area (Å²) in [6, 6.07) is 32.5. The fourth-order valence-corrected chi connectivity index (χ4v) is 7.46. The first-order valence-corrected chi connectivity index (χ1v) is 11.6. The van der Waals surface area contributed by atoms with E-state index in [1.807, 2.05) is 24.5 Å². The number of rotatable bonds is 3. The third-order valence-corrected chi connectivity index (χ3v) is 9.46. The Morgan fingerprint density at radius 1 is 0.607 bits per heavy atom. The molecule has 0 aliphatic carbocycles. The molecule has 2 nitrogen and oxygen atoms in total. The van der Waals surface area contributed by atoms with Crippen LogP contribution in [0, 0.1) is 0 Å². The van der Waals surface area contributed by atoms with Crippen LogP contribution < -0.4 is 15.9 Å². The van der Waals surface area contributed by atoms with Crippen LogP contribution in [0.25, 0.3) is 21.8 Å². The van der Waals surface area contributed by atoms with Gasteiger partial charge >= 0.3 is 0 Å². The monoisotopic (exact) mass is 379 g/mol. The number of fused-ring (bicyclic) bond motifs is 3. The zero-order valence-electron chi connectivity index (χ0n) is 15.7. The summed E-state index contributed by atoms with van der Waals surface area (Å²) in [5, 5.41) is 6.43. The lowest BCUT2D eigenvalue weighted by Gasteiger charge is -2.24. The predicted octanol–water partition coefficient (Wildman–Crippen LogP) is 4.71. The maximum atomic E-state index is 4.73. The Labute approximate surface area is 165 Å². The number of benzene rings is 3. The summed E-state index contributed by atoms with van der Waals surface area (Å²) in [4.78, 5) is 9.35. The van der Waals surface area contributed by atoms with Crippen LogP contribution in [0.15, 0.2) is 103 Å². The predicted molar refractivity (Wildman–Crippen MR) is 122 cm³/mol. The molecule has 0 bridgehead atoms. The zero-order valence-corrected chi connectivity index (χ0v) is 16.6. The van der Waals surface area contributed by atoms with E-state index in [0.29, 0.717) is 0 Å². The maximum Gasteiger partial charge on any atom is 0.114 e. The second-order valence-electron chi connectivity index (χ2n) is 7.05. The molecule has 0 N–H and O–H groups in total. The van der Waals surface area contributed by atoms with Crippen molar-refractivity contribution in [2.75, 3.05) is 6.66 Å². The van der Waals surface area contributed by atoms with Crippen molar-refractivity contribution in [3.63, 3.8) is 0 Å². The molecule has 5 rings (SSSR count). The molecule has 28 heavy (non-hydrogen) atoms. The number of pyridine rings is 2. The number of nitrogens with zero attached hydrogens (tertiary/aromatic N) is 2. The molecule has 3 heteroatoms. The quantitative estimate of drug-likeness (QED) is 0.335. The maximum absolute atomic E-state index is 4.73. The van der Waals surface area contributed by atoms with Crippen molar-refractivity contribution in [1.82, 2.24) is 9.97 Å². The lowest BCUT2D eigenvalue weighted by molar-refractivity contribution is 1.38. The SMILES string of the molecule is C[P+](c1ccccc1)(c1ccccc1)c1cc2cccnc2c2ncccc12. The van der Waals surface area contributed by atoms with Gasteiger partial charge in [-0.05, 0) is 48.5 Å². The Balaban J connectivity index is 1.94. The highest BCUT2D eigenvalue weighted by Gasteiger charge is 2.41. The van der Waals surface area contributed by atoms with Gasteiger partial charge in [-0.15, -0.1) is 0 Å². The highest BCUT2D eigenvalue weighted by Crippen LogP contribution is 2.53. The minimum atomic E-state index is -1.84. The molecule has 3 aromatic carbocycles. The van der Waals surface area contributed by atoms with Crippen molar-refractivity contribution >= 4 is 45.0 Å². The fraction of sp³-hybridized carbons (Fsp3) is 0.0400. The van der Waals surface area contributed by atoms with Crippen LogP contribution in [0.2, 0.25) is 0 Å². The lowest BCUT2D eigenvalue weighted by atomic mass is 10.1. The molecule has 0 fully saturated rings. The Hall–Kier alpha value is -3.09. The number of hydrogen-bond acceptors (Lipinski definition) is 2. The van der Waals surface area contributed by atoms with E-state index >= 15 is 0 Å². The molecule has 134 valence electrons. The highest BCUT2D eigenvalue weighted by atomic mass is 31.2. The molecule has 0 saturated heterocycles. The lowest BCUT2D eigenvalue weighted by Crippen LogP contribution is -2.30. The first-order chi connectivity index (χ1) is 13.8. The Bertz CT molecular complexity index is 1230. The van der Waals surface area contributed by atoms with Crippen molar-refractivity contribution in [3.8, 4) is 0 Å². The topological polar surface area (TPSA) is 25.8 Å². The smallest absolute Gasteiger partial charge is 0.114 e. The van der Waals surface area contributed by atoms with Crippen LogP contribution in [0.5, 0.6) is 0 Å². The van der Waals surface area contributed by atoms with Gasteiger partial charge in [0.15, 0.2) is 0 Å². The van der Waals surface area contributed by atoms with Gasteiger partial charge in [0.2, 0.25) is 0 Å². The third kappa shape index (κ3) is 2.61. The van der Waals surface area contributed by atoms with Gasteiger partial charge in [-0.3, -0.25) is 9.97 Å². The van der Waals surface area contributed by atoms with Crippen LogP contribution in [-0.4, -0.2) is 16.6 Å². The normalized spacial score (nSPS) is 11.8. The second kappa shape index (κ2) is 6.82. The molecular formula is C25H20N2P+. The molecule has 0 radical (unpaired) electrons. The second-order valence-corrected chi connectivity index (χ2v) is 10.6. The largest absolute Gasteiger partial charge is 0.254 e. The summed E-state index contributed by atoms with van der Waals surface area (Å²) in [6.07, 6.45) is 3.71. The van der Waals surface area contributed by atoms with Gasteiger partial charge in [-0.2, -0.15) is 0 Å². The van der Waals surface area contributed by atoms with E-state index in [0.717, 1.165) is 16.4 Å². The minimum Gasteiger partial charge on any atom is -0.254 e. The summed E-state index contributed by atoms with van der Waals surface area (Å²) in [5.74, 6) is 0. The average Bonchev–Trinajstić information content (AvgIpc) is 2.79. The fourth-order valence-electron chi connectivity index (χ4n) is 4.01. The van der Waals surface area contributed by atoms with Crippen LogP contribution >= 0.6 is 7.26 Å². The van der Waals surface area contributed by atoms with Crippen LogP contribution in [0.1, 0.15) is 0 Å². The zero-order chi connectivity index (χ0) is 19.0. The van der Waals surface area contributed by atoms with E-state index in [4.69, 9.17) is 4.98 Å². The van der Waals surface area contributed by atoms with E-state index in [9.17, 15) is 0 Å². The van der Waals surface area contributed by atoms with Crippen molar-refractivity contribution in [2.24, 2.45) is 0 Å². The van der Waals surface area contributed by atoms with Gasteiger partial charge in [-0.25, -0.2) is 0 Å². The average molecular weight is 379 g/mol. The van der Waals surface area contributed by atoms with E-state index in [1.165, 1.54) is 21.3 Å². The molecule has 0 spiro atoms. The summed E-state index contributed by atoms with van der Waals surface area (Å²) in [6.45, 7) is 2.42. The highest BCUT2D eigenvalue weighted by molar-refractivity contribution is 7.95. The van der Waals surface area contributed by atoms with Crippen LogP contribution in [-0.2, 0) is 0 Å². The van der Waals surface area contributed by atoms with Gasteiger partial charge in [0.05, 0.1) is 12.2 Å². The molecule has 0 atom stereocenters. The van der Waals surface area contributed by atoms with Crippen molar-refractivity contribution in [2.45, 2.75) is 0 Å². The van der Waals surface area contributed by atoms with Gasteiger partial charge in [-0.1, -0.05) is 42.5 Å². The van der Waals surface area contributed by atoms with Gasteiger partial charge in [0.1, 0.15) is 28.7 Å². The minimum absolute atomic E-state index is 0.967. The van der Waals surface area contributed by atoms with E-state index < -0.39 is 7.26 Å². The molecule has 0 saturated carbocycles. The molecule has 2 aromatic heterocycles. The first kappa shape index (κ1) is 17.0. The Kier molecular flexibility index (Phi) is 4.15. The third-order valence-electron chi connectivity index (χ3n) is 5.47. The van der Waals surface area contributed by atoms with Gasteiger partial charge < -0.3 is 0 Å². The van der Waals surface area contributed by atoms with Crippen molar-refractivity contribution < 1.29 is 0 Å².